The Bertz CT molecular complexity index is 747. The lowest BCUT2D eigenvalue weighted by molar-refractivity contribution is -0.463. The molecule has 3 N–H and O–H groups in total. The maximum Gasteiger partial charge on any atom is 0.302 e. The molecule has 0 radical (unpaired) electrons. The number of esters is 1. The van der Waals surface area contributed by atoms with Gasteiger partial charge in [0, 0.05) is 24.2 Å². The van der Waals surface area contributed by atoms with Crippen LogP contribution >= 0.6 is 0 Å². The average Bonchev–Trinajstić information content (AvgIpc) is 2.78. The van der Waals surface area contributed by atoms with Crippen molar-refractivity contribution in [2.24, 2.45) is 34.0 Å². The van der Waals surface area contributed by atoms with Gasteiger partial charge in [-0.25, -0.2) is 0 Å². The summed E-state index contributed by atoms with van der Waals surface area (Å²) in [4.78, 5) is 12.0. The predicted octanol–water partition coefficient (Wildman–Crippen LogP) is 1.77. The van der Waals surface area contributed by atoms with Crippen molar-refractivity contribution in [3.8, 4) is 0 Å². The summed E-state index contributed by atoms with van der Waals surface area (Å²) in [5.74, 6) is -2.71. The number of aliphatic hydroxyl groups is 3. The van der Waals surface area contributed by atoms with Crippen molar-refractivity contribution in [3.63, 3.8) is 0 Å². The van der Waals surface area contributed by atoms with E-state index in [0.717, 1.165) is 19.3 Å². The molecule has 6 nitrogen and oxygen atoms in total. The van der Waals surface area contributed by atoms with E-state index < -0.39 is 34.9 Å². The van der Waals surface area contributed by atoms with Crippen molar-refractivity contribution in [1.82, 2.24) is 0 Å². The lowest BCUT2D eigenvalue weighted by Gasteiger charge is -2.75. The fraction of sp³-hybridized carbons (Fsp3) is 0.864. The van der Waals surface area contributed by atoms with Crippen molar-refractivity contribution in [2.75, 3.05) is 6.61 Å². The minimum absolute atomic E-state index is 0.0544. The Hall–Kier alpha value is -0.950. The van der Waals surface area contributed by atoms with Crippen LogP contribution in [0.1, 0.15) is 52.9 Å². The van der Waals surface area contributed by atoms with Crippen LogP contribution in [-0.4, -0.2) is 52.0 Å². The van der Waals surface area contributed by atoms with E-state index in [1.54, 1.807) is 0 Å². The van der Waals surface area contributed by atoms with E-state index in [1.807, 2.05) is 0 Å². The number of fused-ring (bicyclic) bond motifs is 2. The molecule has 0 aromatic carbocycles. The van der Waals surface area contributed by atoms with Gasteiger partial charge in [-0.15, -0.1) is 0 Å². The standard InChI is InChI=1S/C22H32O6/c1-11-13-8-14(28-12(2)23)15-20-7-5-6-19(3,4)16(20)18(25)22(26,27-10-20)21(15,9-13)17(11)24/h13-18,24-26H,1,5-10H2,2-4H3/t13-,14?,15+,16-,17-,18+,20?,21+,22+/m1/s1. The van der Waals surface area contributed by atoms with Crippen molar-refractivity contribution in [1.29, 1.82) is 0 Å². The van der Waals surface area contributed by atoms with E-state index in [-0.39, 0.29) is 29.1 Å². The summed E-state index contributed by atoms with van der Waals surface area (Å²) < 4.78 is 11.9. The predicted molar refractivity (Wildman–Crippen MR) is 99.8 cm³/mol. The summed E-state index contributed by atoms with van der Waals surface area (Å²) in [5, 5.41) is 34.7. The Morgan fingerprint density at radius 1 is 1.25 bits per heavy atom. The number of aliphatic hydroxyl groups excluding tert-OH is 2. The van der Waals surface area contributed by atoms with Crippen molar-refractivity contribution in [2.45, 2.75) is 77.0 Å². The summed E-state index contributed by atoms with van der Waals surface area (Å²) in [6.07, 6.45) is 1.42. The zero-order valence-electron chi connectivity index (χ0n) is 17.0. The second-order valence-corrected chi connectivity index (χ2v) is 10.8. The molecule has 4 aliphatic carbocycles. The normalized spacial score (nSPS) is 56.1. The Kier molecular flexibility index (Phi) is 3.67. The molecular formula is C22H32O6. The van der Waals surface area contributed by atoms with Gasteiger partial charge in [-0.1, -0.05) is 26.8 Å². The number of hydrogen-bond donors (Lipinski definition) is 3. The number of rotatable bonds is 1. The lowest BCUT2D eigenvalue weighted by atomic mass is 9.36. The van der Waals surface area contributed by atoms with Crippen LogP contribution in [0.25, 0.3) is 0 Å². The fourth-order valence-electron chi connectivity index (χ4n) is 8.53. The molecule has 2 saturated heterocycles. The molecule has 0 aromatic rings. The molecule has 6 fully saturated rings. The van der Waals surface area contributed by atoms with Crippen LogP contribution in [0.5, 0.6) is 0 Å². The largest absolute Gasteiger partial charge is 0.462 e. The molecule has 2 unspecified atom stereocenters. The molecule has 156 valence electrons. The van der Waals surface area contributed by atoms with Gasteiger partial charge in [0.25, 0.3) is 0 Å². The van der Waals surface area contributed by atoms with E-state index in [4.69, 9.17) is 9.47 Å². The van der Waals surface area contributed by atoms with Crippen molar-refractivity contribution >= 4 is 5.97 Å². The monoisotopic (exact) mass is 392 g/mol. The molecular weight excluding hydrogens is 360 g/mol. The van der Waals surface area contributed by atoms with Crippen LogP contribution in [-0.2, 0) is 14.3 Å². The average molecular weight is 392 g/mol. The van der Waals surface area contributed by atoms with Gasteiger partial charge in [0.1, 0.15) is 12.2 Å². The first-order valence-electron chi connectivity index (χ1n) is 10.6. The van der Waals surface area contributed by atoms with Crippen LogP contribution in [0.4, 0.5) is 0 Å². The molecule has 2 spiro atoms. The molecule has 2 aliphatic heterocycles. The van der Waals surface area contributed by atoms with Gasteiger partial charge in [-0.2, -0.15) is 0 Å². The molecule has 4 bridgehead atoms. The molecule has 0 amide bonds. The third kappa shape index (κ3) is 1.87. The molecule has 28 heavy (non-hydrogen) atoms. The Morgan fingerprint density at radius 3 is 2.64 bits per heavy atom. The van der Waals surface area contributed by atoms with Gasteiger partial charge in [-0.3, -0.25) is 4.79 Å². The first kappa shape index (κ1) is 19.0. The van der Waals surface area contributed by atoms with Crippen LogP contribution < -0.4 is 0 Å². The summed E-state index contributed by atoms with van der Waals surface area (Å²) in [6.45, 7) is 10.1. The summed E-state index contributed by atoms with van der Waals surface area (Å²) in [6, 6.07) is 0. The molecule has 6 rings (SSSR count). The molecule has 6 heteroatoms. The van der Waals surface area contributed by atoms with Crippen LogP contribution in [0.2, 0.25) is 0 Å². The first-order chi connectivity index (χ1) is 13.0. The zero-order chi connectivity index (χ0) is 20.3. The summed E-state index contributed by atoms with van der Waals surface area (Å²) in [5.41, 5.74) is -1.05. The third-order valence-corrected chi connectivity index (χ3v) is 9.20. The smallest absolute Gasteiger partial charge is 0.302 e. The molecule has 2 heterocycles. The van der Waals surface area contributed by atoms with Gasteiger partial charge in [0.15, 0.2) is 0 Å². The minimum Gasteiger partial charge on any atom is -0.462 e. The maximum absolute atomic E-state index is 12.0. The number of ether oxygens (including phenoxy) is 2. The Labute approximate surface area is 165 Å². The fourth-order valence-corrected chi connectivity index (χ4v) is 8.53. The van der Waals surface area contributed by atoms with Gasteiger partial charge in [0.2, 0.25) is 5.79 Å². The molecule has 4 saturated carbocycles. The Morgan fingerprint density at radius 2 is 1.96 bits per heavy atom. The number of carbonyl (C=O) groups excluding carboxylic acids is 1. The number of hydrogen-bond acceptors (Lipinski definition) is 6. The molecule has 6 aliphatic rings. The summed E-state index contributed by atoms with van der Waals surface area (Å²) in [7, 11) is 0. The van der Waals surface area contributed by atoms with E-state index in [1.165, 1.54) is 6.92 Å². The molecule has 9 atom stereocenters. The van der Waals surface area contributed by atoms with Gasteiger partial charge >= 0.3 is 5.97 Å². The van der Waals surface area contributed by atoms with Gasteiger partial charge in [-0.05, 0) is 42.6 Å². The van der Waals surface area contributed by atoms with Crippen LogP contribution in [0.3, 0.4) is 0 Å². The minimum atomic E-state index is -1.87. The SMILES string of the molecule is C=C1[C@@H]2CC(OC(C)=O)[C@H]3C45CCCC(C)(C)[C@H]4[C@H](O)[C@](O)(OC5)[C@]3(C2)[C@@H]1O. The topological polar surface area (TPSA) is 96.2 Å². The highest BCUT2D eigenvalue weighted by molar-refractivity contribution is 5.66. The van der Waals surface area contributed by atoms with E-state index in [0.29, 0.717) is 25.0 Å². The lowest BCUT2D eigenvalue weighted by Crippen LogP contribution is -2.83. The highest BCUT2D eigenvalue weighted by Gasteiger charge is 2.84. The highest BCUT2D eigenvalue weighted by atomic mass is 16.6. The third-order valence-electron chi connectivity index (χ3n) is 9.20. The second kappa shape index (κ2) is 5.39. The summed E-state index contributed by atoms with van der Waals surface area (Å²) >= 11 is 0. The van der Waals surface area contributed by atoms with Crippen LogP contribution in [0, 0.1) is 34.0 Å². The van der Waals surface area contributed by atoms with Crippen molar-refractivity contribution in [3.05, 3.63) is 12.2 Å². The second-order valence-electron chi connectivity index (χ2n) is 10.8. The maximum atomic E-state index is 12.0. The van der Waals surface area contributed by atoms with E-state index in [9.17, 15) is 20.1 Å². The molecule has 0 aromatic heterocycles. The van der Waals surface area contributed by atoms with Crippen LogP contribution in [0.15, 0.2) is 12.2 Å². The number of carbonyl (C=O) groups is 1. The highest BCUT2D eigenvalue weighted by Crippen LogP contribution is 2.77. The van der Waals surface area contributed by atoms with E-state index >= 15 is 0 Å². The Balaban J connectivity index is 1.76. The van der Waals surface area contributed by atoms with Gasteiger partial charge < -0.3 is 24.8 Å². The first-order valence-corrected chi connectivity index (χ1v) is 10.6. The zero-order valence-corrected chi connectivity index (χ0v) is 17.0. The quantitative estimate of drug-likeness (QED) is 0.465. The van der Waals surface area contributed by atoms with Crippen molar-refractivity contribution < 1.29 is 29.6 Å². The van der Waals surface area contributed by atoms with Gasteiger partial charge in [0.05, 0.1) is 18.1 Å². The van der Waals surface area contributed by atoms with E-state index in [2.05, 4.69) is 20.4 Å².